The van der Waals surface area contributed by atoms with E-state index in [1.807, 2.05) is 6.08 Å². The second-order valence-corrected chi connectivity index (χ2v) is 14.0. The number of pyridine rings is 1. The molecule has 50 heavy (non-hydrogen) atoms. The van der Waals surface area contributed by atoms with Crippen LogP contribution >= 0.6 is 0 Å². The molecule has 14 heteroatoms. The number of hydrogen-bond donors (Lipinski definition) is 2. The molecular formula is C36H36F6N6O2. The Labute approximate surface area is 284 Å². The number of benzene rings is 2. The third-order valence-corrected chi connectivity index (χ3v) is 10.8. The lowest BCUT2D eigenvalue weighted by molar-refractivity contribution is -0.127. The van der Waals surface area contributed by atoms with Crippen molar-refractivity contribution in [3.8, 4) is 23.0 Å². The van der Waals surface area contributed by atoms with Crippen LogP contribution in [0.15, 0.2) is 36.9 Å². The highest BCUT2D eigenvalue weighted by Crippen LogP contribution is 2.44. The predicted molar refractivity (Wildman–Crippen MR) is 176 cm³/mol. The van der Waals surface area contributed by atoms with Gasteiger partial charge in [0.2, 0.25) is 0 Å². The number of aromatic nitrogens is 3. The van der Waals surface area contributed by atoms with Gasteiger partial charge in [-0.15, -0.1) is 6.58 Å². The van der Waals surface area contributed by atoms with Crippen LogP contribution in [0.3, 0.4) is 0 Å². The highest BCUT2D eigenvalue weighted by Gasteiger charge is 2.49. The minimum Gasteiger partial charge on any atom is -0.508 e. The number of phenols is 1. The first-order chi connectivity index (χ1) is 23.9. The van der Waals surface area contributed by atoms with Crippen molar-refractivity contribution in [2.24, 2.45) is 0 Å². The third-order valence-electron chi connectivity index (χ3n) is 10.8. The molecule has 2 aromatic carbocycles. The first-order valence-electron chi connectivity index (χ1n) is 17.0. The van der Waals surface area contributed by atoms with Crippen molar-refractivity contribution < 1.29 is 36.2 Å². The summed E-state index contributed by atoms with van der Waals surface area (Å²) in [5.74, 6) is -2.00. The molecule has 0 aliphatic carbocycles. The summed E-state index contributed by atoms with van der Waals surface area (Å²) in [7, 11) is 0. The Morgan fingerprint density at radius 3 is 2.76 bits per heavy atom. The molecule has 0 amide bonds. The maximum absolute atomic E-state index is 17.1. The van der Waals surface area contributed by atoms with Gasteiger partial charge in [-0.05, 0) is 67.6 Å². The fourth-order valence-corrected chi connectivity index (χ4v) is 8.59. The van der Waals surface area contributed by atoms with Gasteiger partial charge in [-0.25, -0.2) is 18.2 Å². The minimum atomic E-state index is -4.77. The molecule has 2 aromatic heterocycles. The second kappa shape index (κ2) is 12.3. The minimum absolute atomic E-state index is 0.0447. The van der Waals surface area contributed by atoms with Gasteiger partial charge in [0.05, 0.1) is 23.0 Å². The molecule has 4 aromatic rings. The van der Waals surface area contributed by atoms with E-state index in [0.717, 1.165) is 31.5 Å². The number of hydrogen-bond acceptors (Lipinski definition) is 8. The van der Waals surface area contributed by atoms with Gasteiger partial charge < -0.3 is 20.1 Å². The number of halogens is 6. The number of aryl methyl sites for hydroxylation is 1. The number of anilines is 1. The van der Waals surface area contributed by atoms with Gasteiger partial charge in [-0.3, -0.25) is 4.90 Å². The summed E-state index contributed by atoms with van der Waals surface area (Å²) in [5, 5.41) is 14.4. The lowest BCUT2D eigenvalue weighted by Gasteiger charge is -2.40. The van der Waals surface area contributed by atoms with Gasteiger partial charge >= 0.3 is 12.2 Å². The maximum Gasteiger partial charge on any atom is 0.393 e. The van der Waals surface area contributed by atoms with Crippen LogP contribution in [0.25, 0.3) is 32.9 Å². The summed E-state index contributed by atoms with van der Waals surface area (Å²) in [6.07, 6.45) is -1.94. The topological polar surface area (TPSA) is 86.6 Å². The number of piperazine rings is 1. The molecule has 4 aliphatic heterocycles. The average molecular weight is 699 g/mol. The van der Waals surface area contributed by atoms with Gasteiger partial charge in [0.25, 0.3) is 0 Å². The monoisotopic (exact) mass is 698 g/mol. The van der Waals surface area contributed by atoms with E-state index in [2.05, 4.69) is 26.7 Å². The molecule has 8 rings (SSSR count). The number of rotatable bonds is 7. The molecule has 264 valence electrons. The molecule has 0 spiro atoms. The number of ether oxygens (including phenoxy) is 1. The fourth-order valence-electron chi connectivity index (χ4n) is 8.59. The van der Waals surface area contributed by atoms with E-state index >= 15 is 8.78 Å². The van der Waals surface area contributed by atoms with Crippen LogP contribution in [0, 0.1) is 11.6 Å². The normalized spacial score (nSPS) is 25.2. The summed E-state index contributed by atoms with van der Waals surface area (Å²) in [5.41, 5.74) is -1.47. The first kappa shape index (κ1) is 33.0. The number of fused-ring (bicyclic) bond motifs is 4. The van der Waals surface area contributed by atoms with E-state index in [-0.39, 0.29) is 58.0 Å². The number of alkyl halides is 4. The van der Waals surface area contributed by atoms with Gasteiger partial charge in [-0.2, -0.15) is 23.1 Å². The van der Waals surface area contributed by atoms with Gasteiger partial charge in [-0.1, -0.05) is 12.1 Å². The Morgan fingerprint density at radius 1 is 1.12 bits per heavy atom. The average Bonchev–Trinajstić information content (AvgIpc) is 3.54. The summed E-state index contributed by atoms with van der Waals surface area (Å²) in [6, 6.07) is 4.34. The first-order valence-corrected chi connectivity index (χ1v) is 17.0. The Balaban J connectivity index is 1.33. The number of nitrogens with one attached hydrogen (secondary N) is 1. The quantitative estimate of drug-likeness (QED) is 0.166. The molecule has 3 saturated heterocycles. The predicted octanol–water partition coefficient (Wildman–Crippen LogP) is 6.56. The van der Waals surface area contributed by atoms with Gasteiger partial charge in [0, 0.05) is 49.3 Å². The van der Waals surface area contributed by atoms with Crippen LogP contribution in [0.2, 0.25) is 0 Å². The van der Waals surface area contributed by atoms with E-state index in [9.17, 15) is 22.7 Å². The van der Waals surface area contributed by atoms with Crippen molar-refractivity contribution in [3.05, 3.63) is 59.8 Å². The van der Waals surface area contributed by atoms with Gasteiger partial charge in [0.15, 0.2) is 5.82 Å². The molecule has 0 bridgehead atoms. The van der Waals surface area contributed by atoms with Crippen molar-refractivity contribution in [2.75, 3.05) is 37.7 Å². The van der Waals surface area contributed by atoms with Crippen LogP contribution in [0.5, 0.6) is 11.8 Å². The van der Waals surface area contributed by atoms with E-state index in [1.165, 1.54) is 12.1 Å². The number of aromatic hydroxyl groups is 1. The number of nitrogens with zero attached hydrogens (tertiary/aromatic N) is 5. The zero-order chi connectivity index (χ0) is 34.9. The van der Waals surface area contributed by atoms with Crippen LogP contribution in [0.1, 0.15) is 43.4 Å². The molecule has 0 saturated carbocycles. The van der Waals surface area contributed by atoms with Crippen molar-refractivity contribution >= 4 is 27.5 Å². The summed E-state index contributed by atoms with van der Waals surface area (Å²) < 4.78 is 94.3. The molecule has 3 fully saturated rings. The lowest BCUT2D eigenvalue weighted by atomic mass is 9.93. The van der Waals surface area contributed by atoms with E-state index < -0.39 is 41.5 Å². The van der Waals surface area contributed by atoms with Crippen LogP contribution in [0.4, 0.5) is 32.2 Å². The van der Waals surface area contributed by atoms with Crippen LogP contribution in [-0.2, 0) is 12.8 Å². The SMILES string of the molecule is C=CCC1CN2c3nc(OC[C@@]45CCCN4C[C@H](F)C5)nc4c(F)c(-c5cc(O)cc6ccc(F)c(CC(F)(F)F)c56)nc(c34)CC[C@@H]2CN1. The van der Waals surface area contributed by atoms with Crippen molar-refractivity contribution in [3.63, 3.8) is 0 Å². The highest BCUT2D eigenvalue weighted by atomic mass is 19.4. The third kappa shape index (κ3) is 5.69. The molecule has 1 unspecified atom stereocenters. The smallest absolute Gasteiger partial charge is 0.393 e. The zero-order valence-corrected chi connectivity index (χ0v) is 27.2. The van der Waals surface area contributed by atoms with E-state index in [4.69, 9.17) is 14.7 Å². The fraction of sp³-hybridized carbons (Fsp3) is 0.472. The second-order valence-electron chi connectivity index (χ2n) is 14.0. The Bertz CT molecular complexity index is 2010. The molecule has 4 aliphatic rings. The summed E-state index contributed by atoms with van der Waals surface area (Å²) in [4.78, 5) is 18.3. The molecule has 8 nitrogen and oxygen atoms in total. The molecule has 6 heterocycles. The number of phenolic OH excluding ortho intramolecular Hbond substituents is 1. The highest BCUT2D eigenvalue weighted by molar-refractivity contribution is 6.02. The molecular weight excluding hydrogens is 662 g/mol. The van der Waals surface area contributed by atoms with Crippen LogP contribution < -0.4 is 15.0 Å². The molecule has 0 radical (unpaired) electrons. The zero-order valence-electron chi connectivity index (χ0n) is 27.2. The Kier molecular flexibility index (Phi) is 8.09. The van der Waals surface area contributed by atoms with Gasteiger partial charge in [0.1, 0.15) is 41.4 Å². The lowest BCUT2D eigenvalue weighted by Crippen LogP contribution is -2.56. The maximum atomic E-state index is 17.1. The Hall–Kier alpha value is -4.17. The molecule has 2 N–H and O–H groups in total. The summed E-state index contributed by atoms with van der Waals surface area (Å²) >= 11 is 0. The van der Waals surface area contributed by atoms with E-state index in [1.54, 1.807) is 0 Å². The van der Waals surface area contributed by atoms with Crippen molar-refractivity contribution in [1.29, 1.82) is 0 Å². The van der Waals surface area contributed by atoms with Crippen molar-refractivity contribution in [1.82, 2.24) is 25.2 Å². The van der Waals surface area contributed by atoms with Crippen LogP contribution in [-0.4, -0.2) is 87.7 Å². The van der Waals surface area contributed by atoms with E-state index in [0.29, 0.717) is 62.2 Å². The molecule has 4 atom stereocenters. The Morgan fingerprint density at radius 2 is 1.96 bits per heavy atom. The summed E-state index contributed by atoms with van der Waals surface area (Å²) in [6.45, 7) is 6.19. The standard InChI is InChI=1S/C36H36F6N6O2/c1-2-4-21-17-48-22(15-43-21)6-8-27-29-32(45-34(46-33(29)48)50-18-35-9-3-10-47(35)16-20(37)13-35)30(39)31(44-27)24-12-23(49)11-19-5-7-26(38)25(28(19)24)14-36(40,41)42/h2,5,7,11-12,20-22,43,49H,1,3-4,6,8-10,13-18H2/t20-,21?,22-,35+/m1/s1. The van der Waals surface area contributed by atoms with Crippen molar-refractivity contribution in [2.45, 2.75) is 74.9 Å². The largest absolute Gasteiger partial charge is 0.508 e.